The first kappa shape index (κ1) is 11.4. The van der Waals surface area contributed by atoms with Crippen molar-refractivity contribution in [3.05, 3.63) is 53.4 Å². The molecule has 0 spiro atoms. The van der Waals surface area contributed by atoms with E-state index in [-0.39, 0.29) is 5.56 Å². The summed E-state index contributed by atoms with van der Waals surface area (Å²) in [5.41, 5.74) is -0.426. The predicted molar refractivity (Wildman–Crippen MR) is 51.4 cm³/mol. The highest BCUT2D eigenvalue weighted by atomic mass is 19.4. The minimum Gasteiger partial charge on any atom is -0.351 e. The SMILES string of the molecule is O=C(c1ccccc1)c1cnoc1C(F)(F)F. The van der Waals surface area contributed by atoms with Crippen LogP contribution in [0, 0.1) is 0 Å². The van der Waals surface area contributed by atoms with Gasteiger partial charge in [-0.05, 0) is 0 Å². The molecule has 0 aliphatic rings. The lowest BCUT2D eigenvalue weighted by molar-refractivity contribution is -0.155. The van der Waals surface area contributed by atoms with Gasteiger partial charge in [0.15, 0.2) is 5.78 Å². The van der Waals surface area contributed by atoms with E-state index in [2.05, 4.69) is 9.68 Å². The van der Waals surface area contributed by atoms with Gasteiger partial charge < -0.3 is 4.52 Å². The summed E-state index contributed by atoms with van der Waals surface area (Å²) in [5.74, 6) is -2.13. The summed E-state index contributed by atoms with van der Waals surface area (Å²) in [4.78, 5) is 11.8. The second-order valence-corrected chi connectivity index (χ2v) is 3.26. The van der Waals surface area contributed by atoms with Gasteiger partial charge in [-0.25, -0.2) is 0 Å². The molecule has 0 saturated heterocycles. The zero-order valence-corrected chi connectivity index (χ0v) is 8.36. The van der Waals surface area contributed by atoms with Crippen molar-refractivity contribution in [1.29, 1.82) is 0 Å². The average molecular weight is 241 g/mol. The fraction of sp³-hybridized carbons (Fsp3) is 0.0909. The van der Waals surface area contributed by atoms with Crippen LogP contribution in [-0.2, 0) is 6.18 Å². The largest absolute Gasteiger partial charge is 0.453 e. The maximum atomic E-state index is 12.5. The first-order chi connectivity index (χ1) is 8.00. The Morgan fingerprint density at radius 3 is 2.41 bits per heavy atom. The van der Waals surface area contributed by atoms with E-state index >= 15 is 0 Å². The predicted octanol–water partition coefficient (Wildman–Crippen LogP) is 2.92. The molecule has 1 heterocycles. The van der Waals surface area contributed by atoms with Crippen LogP contribution in [0.15, 0.2) is 41.1 Å². The molecule has 0 aliphatic heterocycles. The number of carbonyl (C=O) groups excluding carboxylic acids is 1. The molecule has 0 unspecified atom stereocenters. The molecular formula is C11H6F3NO2. The number of aromatic nitrogens is 1. The molecule has 0 saturated carbocycles. The van der Waals surface area contributed by atoms with E-state index in [1.165, 1.54) is 12.1 Å². The third-order valence-corrected chi connectivity index (χ3v) is 2.11. The Labute approximate surface area is 93.8 Å². The van der Waals surface area contributed by atoms with Crippen LogP contribution in [0.2, 0.25) is 0 Å². The lowest BCUT2D eigenvalue weighted by atomic mass is 10.0. The van der Waals surface area contributed by atoms with Crippen LogP contribution in [0.3, 0.4) is 0 Å². The third-order valence-electron chi connectivity index (χ3n) is 2.11. The zero-order chi connectivity index (χ0) is 12.5. The second-order valence-electron chi connectivity index (χ2n) is 3.26. The standard InChI is InChI=1S/C11H6F3NO2/c12-11(13,14)10-8(6-15-17-10)9(16)7-4-2-1-3-5-7/h1-6H. The Morgan fingerprint density at radius 1 is 1.18 bits per heavy atom. The third kappa shape index (κ3) is 2.20. The first-order valence-corrected chi connectivity index (χ1v) is 4.62. The summed E-state index contributed by atoms with van der Waals surface area (Å²) in [7, 11) is 0. The monoisotopic (exact) mass is 241 g/mol. The number of ketones is 1. The van der Waals surface area contributed by atoms with Gasteiger partial charge in [0.25, 0.3) is 5.76 Å². The normalized spacial score (nSPS) is 11.5. The molecule has 88 valence electrons. The highest BCUT2D eigenvalue weighted by Gasteiger charge is 2.40. The Hall–Kier alpha value is -2.11. The first-order valence-electron chi connectivity index (χ1n) is 4.62. The summed E-state index contributed by atoms with van der Waals surface area (Å²) >= 11 is 0. The Balaban J connectivity index is 2.43. The van der Waals surface area contributed by atoms with E-state index in [0.717, 1.165) is 6.20 Å². The van der Waals surface area contributed by atoms with Crippen LogP contribution in [0.25, 0.3) is 0 Å². The van der Waals surface area contributed by atoms with Gasteiger partial charge in [-0.1, -0.05) is 35.5 Å². The second kappa shape index (κ2) is 4.04. The average Bonchev–Trinajstić information content (AvgIpc) is 2.78. The summed E-state index contributed by atoms with van der Waals surface area (Å²) < 4.78 is 41.5. The molecule has 0 radical (unpaired) electrons. The molecule has 0 bridgehead atoms. The Kier molecular flexibility index (Phi) is 2.71. The van der Waals surface area contributed by atoms with E-state index in [4.69, 9.17) is 0 Å². The van der Waals surface area contributed by atoms with Crippen LogP contribution in [0.5, 0.6) is 0 Å². The summed E-state index contributed by atoms with van der Waals surface area (Å²) in [6, 6.07) is 7.64. The molecule has 2 rings (SSSR count). The maximum absolute atomic E-state index is 12.5. The van der Waals surface area contributed by atoms with Gasteiger partial charge >= 0.3 is 6.18 Å². The Morgan fingerprint density at radius 2 is 1.82 bits per heavy atom. The van der Waals surface area contributed by atoms with Gasteiger partial charge in [-0.15, -0.1) is 0 Å². The van der Waals surface area contributed by atoms with Crippen molar-refractivity contribution in [3.8, 4) is 0 Å². The van der Waals surface area contributed by atoms with E-state index in [1.54, 1.807) is 18.2 Å². The van der Waals surface area contributed by atoms with Gasteiger partial charge in [0.2, 0.25) is 0 Å². The molecule has 0 fully saturated rings. The number of nitrogens with zero attached hydrogens (tertiary/aromatic N) is 1. The molecule has 1 aromatic heterocycles. The van der Waals surface area contributed by atoms with Gasteiger partial charge in [-0.2, -0.15) is 13.2 Å². The fourth-order valence-corrected chi connectivity index (χ4v) is 1.35. The number of alkyl halides is 3. The lowest BCUT2D eigenvalue weighted by Gasteiger charge is -2.03. The fourth-order valence-electron chi connectivity index (χ4n) is 1.35. The van der Waals surface area contributed by atoms with Crippen molar-refractivity contribution < 1.29 is 22.5 Å². The van der Waals surface area contributed by atoms with Gasteiger partial charge in [0, 0.05) is 5.56 Å². The molecule has 6 heteroatoms. The smallest absolute Gasteiger partial charge is 0.351 e. The van der Waals surface area contributed by atoms with E-state index in [9.17, 15) is 18.0 Å². The molecule has 1 aromatic carbocycles. The number of benzene rings is 1. The van der Waals surface area contributed by atoms with Crippen LogP contribution >= 0.6 is 0 Å². The van der Waals surface area contributed by atoms with Crippen LogP contribution in [0.4, 0.5) is 13.2 Å². The van der Waals surface area contributed by atoms with Gasteiger partial charge in [0.1, 0.15) is 0 Å². The topological polar surface area (TPSA) is 43.1 Å². The molecule has 17 heavy (non-hydrogen) atoms. The zero-order valence-electron chi connectivity index (χ0n) is 8.36. The molecule has 0 amide bonds. The van der Waals surface area contributed by atoms with Crippen LogP contribution < -0.4 is 0 Å². The quantitative estimate of drug-likeness (QED) is 0.759. The molecule has 3 nitrogen and oxygen atoms in total. The molecule has 0 N–H and O–H groups in total. The molecule has 2 aromatic rings. The highest BCUT2D eigenvalue weighted by Crippen LogP contribution is 2.32. The lowest BCUT2D eigenvalue weighted by Crippen LogP contribution is -2.11. The number of hydrogen-bond donors (Lipinski definition) is 0. The molecular weight excluding hydrogens is 235 g/mol. The summed E-state index contributed by atoms with van der Waals surface area (Å²) in [6.45, 7) is 0. The van der Waals surface area contributed by atoms with Crippen molar-refractivity contribution in [3.63, 3.8) is 0 Å². The number of halogens is 3. The number of carbonyl (C=O) groups is 1. The van der Waals surface area contributed by atoms with Crippen molar-refractivity contribution in [2.45, 2.75) is 6.18 Å². The van der Waals surface area contributed by atoms with Crippen molar-refractivity contribution in [1.82, 2.24) is 5.16 Å². The van der Waals surface area contributed by atoms with E-state index in [0.29, 0.717) is 0 Å². The Bertz CT molecular complexity index is 531. The van der Waals surface area contributed by atoms with Crippen molar-refractivity contribution >= 4 is 5.78 Å². The van der Waals surface area contributed by atoms with Crippen LogP contribution in [-0.4, -0.2) is 10.9 Å². The van der Waals surface area contributed by atoms with Crippen molar-refractivity contribution in [2.75, 3.05) is 0 Å². The molecule has 0 atom stereocenters. The molecule has 0 aliphatic carbocycles. The van der Waals surface area contributed by atoms with Gasteiger partial charge in [-0.3, -0.25) is 4.79 Å². The van der Waals surface area contributed by atoms with Crippen molar-refractivity contribution in [2.24, 2.45) is 0 Å². The summed E-state index contributed by atoms with van der Waals surface area (Å²) in [6.07, 6.45) is -3.95. The maximum Gasteiger partial charge on any atom is 0.453 e. The minimum absolute atomic E-state index is 0.154. The minimum atomic E-state index is -4.73. The summed E-state index contributed by atoms with van der Waals surface area (Å²) in [5, 5.41) is 3.02. The van der Waals surface area contributed by atoms with E-state index in [1.807, 2.05) is 0 Å². The highest BCUT2D eigenvalue weighted by molar-refractivity contribution is 6.09. The number of hydrogen-bond acceptors (Lipinski definition) is 3. The van der Waals surface area contributed by atoms with Gasteiger partial charge in [0.05, 0.1) is 11.8 Å². The number of rotatable bonds is 2. The van der Waals surface area contributed by atoms with E-state index < -0.39 is 23.3 Å². The van der Waals surface area contributed by atoms with Crippen LogP contribution in [0.1, 0.15) is 21.7 Å².